The molecule has 2 saturated heterocycles. The van der Waals surface area contributed by atoms with Gasteiger partial charge in [-0.15, -0.1) is 0 Å². The highest BCUT2D eigenvalue weighted by molar-refractivity contribution is 6.01. The summed E-state index contributed by atoms with van der Waals surface area (Å²) in [5, 5.41) is 27.2. The molecule has 2 heterocycles. The Morgan fingerprint density at radius 2 is 2.13 bits per heavy atom. The van der Waals surface area contributed by atoms with E-state index >= 15 is 0 Å². The molecule has 4 atom stereocenters. The molecule has 0 saturated carbocycles. The molecule has 11 heteroatoms. The van der Waals surface area contributed by atoms with E-state index in [4.69, 9.17) is 15.3 Å². The summed E-state index contributed by atoms with van der Waals surface area (Å²) in [5.41, 5.74) is -1.83. The van der Waals surface area contributed by atoms with Gasteiger partial charge in [-0.3, -0.25) is 15.0 Å². The van der Waals surface area contributed by atoms with Crippen molar-refractivity contribution >= 4 is 30.1 Å². The lowest BCUT2D eigenvalue weighted by molar-refractivity contribution is -0.177. The van der Waals surface area contributed by atoms with Crippen LogP contribution >= 0.6 is 0 Å². The summed E-state index contributed by atoms with van der Waals surface area (Å²) in [6, 6.07) is -1.62. The first-order valence-electron chi connectivity index (χ1n) is 9.92. The second kappa shape index (κ2) is 8.58. The van der Waals surface area contributed by atoms with Crippen LogP contribution in [0, 0.1) is 5.41 Å². The molecular weight excluding hydrogens is 394 g/mol. The van der Waals surface area contributed by atoms with Crippen LogP contribution in [0.3, 0.4) is 0 Å². The zero-order valence-electron chi connectivity index (χ0n) is 18.1. The molecule has 3 amide bonds. The van der Waals surface area contributed by atoms with Gasteiger partial charge in [-0.25, -0.2) is 4.79 Å². The second-order valence-electron chi connectivity index (χ2n) is 8.70. The maximum Gasteiger partial charge on any atom is 0.408 e. The quantitative estimate of drug-likeness (QED) is 0.227. The fourth-order valence-electron chi connectivity index (χ4n) is 4.08. The summed E-state index contributed by atoms with van der Waals surface area (Å²) >= 11 is 0. The molecule has 1 spiro atoms. The zero-order chi connectivity index (χ0) is 22.9. The standard InChI is InChI=1S/C19H31N5O6/c1-11(25)14(22-17(29)30-18(3,4)5)15(27)24-8-6-7-19(24)12(2)23(16(19)28)9-13(26)21-10-20/h10-12,14,25H,6-9H2,1-5H3,(H,22,29)(H2,20,21,26)/p+1/t11-,12?,14?,19?/m1/s1. The van der Waals surface area contributed by atoms with Crippen LogP contribution in [0.15, 0.2) is 4.99 Å². The number of aliphatic imine (C=N–C) groups is 1. The van der Waals surface area contributed by atoms with Crippen molar-refractivity contribution in [3.8, 4) is 0 Å². The summed E-state index contributed by atoms with van der Waals surface area (Å²) < 4.78 is 5.19. The normalized spacial score (nSPS) is 26.3. The van der Waals surface area contributed by atoms with Crippen LogP contribution in [0.5, 0.6) is 0 Å². The first-order valence-corrected chi connectivity index (χ1v) is 9.92. The van der Waals surface area contributed by atoms with Gasteiger partial charge in [0.15, 0.2) is 0 Å². The molecule has 0 aromatic rings. The average molecular weight is 426 g/mol. The molecule has 11 nitrogen and oxygen atoms in total. The van der Waals surface area contributed by atoms with E-state index < -0.39 is 35.3 Å². The van der Waals surface area contributed by atoms with Gasteiger partial charge in [0.2, 0.25) is 5.91 Å². The lowest BCUT2D eigenvalue weighted by Crippen LogP contribution is -2.79. The maximum absolute atomic E-state index is 13.3. The first-order chi connectivity index (χ1) is 13.8. The number of alkyl carbamates (subject to hydrolysis) is 1. The summed E-state index contributed by atoms with van der Waals surface area (Å²) in [5.74, 6) is -0.968. The minimum absolute atomic E-state index is 0.0465. The molecule has 3 unspecified atom stereocenters. The number of aliphatic hydroxyl groups is 1. The minimum atomic E-state index is -1.25. The number of β-lactam (4-membered cyclic amide) rings is 1. The Bertz CT molecular complexity index is 746. The maximum atomic E-state index is 13.3. The van der Waals surface area contributed by atoms with E-state index in [1.807, 2.05) is 0 Å². The minimum Gasteiger partial charge on any atom is -0.581 e. The van der Waals surface area contributed by atoms with Crippen molar-refractivity contribution in [1.29, 1.82) is 5.41 Å². The Hall–Kier alpha value is -2.69. The van der Waals surface area contributed by atoms with Crippen LogP contribution < -0.4 is 5.32 Å². The Morgan fingerprint density at radius 1 is 1.50 bits per heavy atom. The molecular formula is C19H32N5O6+. The number of carbonyl (C=O) groups excluding carboxylic acids is 3. The number of ether oxygens (including phenoxy) is 1. The molecule has 0 aromatic heterocycles. The zero-order valence-corrected chi connectivity index (χ0v) is 18.1. The highest BCUT2D eigenvalue weighted by Gasteiger charge is 2.65. The molecule has 2 aliphatic rings. The third kappa shape index (κ3) is 4.40. The molecule has 0 bridgehead atoms. The molecule has 5 N–H and O–H groups in total. The molecule has 0 radical (unpaired) electrons. The highest BCUT2D eigenvalue weighted by atomic mass is 16.6. The summed E-state index contributed by atoms with van der Waals surface area (Å²) in [6.07, 6.45) is -0.205. The molecule has 2 fully saturated rings. The number of nitrogens with one attached hydrogen (secondary N) is 2. The summed E-state index contributed by atoms with van der Waals surface area (Å²) in [7, 11) is 0. The Morgan fingerprint density at radius 3 is 2.63 bits per heavy atom. The van der Waals surface area contributed by atoms with Gasteiger partial charge in [0, 0.05) is 6.54 Å². The molecule has 168 valence electrons. The fraction of sp³-hybridized carbons (Fsp3) is 0.737. The van der Waals surface area contributed by atoms with E-state index in [0.717, 1.165) is 6.34 Å². The largest absolute Gasteiger partial charge is 0.581 e. The number of aliphatic hydroxyl groups excluding tert-OH is 1. The lowest BCUT2D eigenvalue weighted by atomic mass is 9.77. The molecule has 0 aromatic carbocycles. The number of carbonyl (C=O) groups is 3. The Labute approximate surface area is 175 Å². The smallest absolute Gasteiger partial charge is 0.408 e. The predicted molar refractivity (Wildman–Crippen MR) is 110 cm³/mol. The Kier molecular flexibility index (Phi) is 6.75. The van der Waals surface area contributed by atoms with Gasteiger partial charge in [0.05, 0.1) is 12.1 Å². The van der Waals surface area contributed by atoms with Gasteiger partial charge in [-0.1, -0.05) is 0 Å². The molecule has 30 heavy (non-hydrogen) atoms. The van der Waals surface area contributed by atoms with Crippen molar-refractivity contribution in [3.63, 3.8) is 0 Å². The van der Waals surface area contributed by atoms with Crippen molar-refractivity contribution in [1.82, 2.24) is 15.1 Å². The molecule has 2 rings (SSSR count). The van der Waals surface area contributed by atoms with Crippen LogP contribution in [0.25, 0.3) is 0 Å². The van der Waals surface area contributed by atoms with Gasteiger partial charge in [-0.2, -0.15) is 4.99 Å². The molecule has 2 aliphatic heterocycles. The van der Waals surface area contributed by atoms with E-state index in [9.17, 15) is 19.5 Å². The fourth-order valence-corrected chi connectivity index (χ4v) is 4.08. The van der Waals surface area contributed by atoms with Crippen LogP contribution in [0.1, 0.15) is 47.5 Å². The van der Waals surface area contributed by atoms with Gasteiger partial charge in [0.25, 0.3) is 5.91 Å². The number of nitrogens with zero attached hydrogens (tertiary/aromatic N) is 3. The lowest BCUT2D eigenvalue weighted by Gasteiger charge is -2.56. The number of amides is 3. The first kappa shape index (κ1) is 23.6. The van der Waals surface area contributed by atoms with Crippen LogP contribution in [-0.4, -0.2) is 92.6 Å². The van der Waals surface area contributed by atoms with E-state index in [1.165, 1.54) is 16.7 Å². The highest BCUT2D eigenvalue weighted by Crippen LogP contribution is 2.44. The summed E-state index contributed by atoms with van der Waals surface area (Å²) in [4.78, 5) is 44.9. The van der Waals surface area contributed by atoms with E-state index in [0.29, 0.717) is 19.4 Å². The topological polar surface area (TPSA) is 158 Å². The van der Waals surface area contributed by atoms with Crippen LogP contribution in [-0.2, 0) is 14.3 Å². The predicted octanol–water partition coefficient (Wildman–Crippen LogP) is -0.417. The number of rotatable bonds is 6. The van der Waals surface area contributed by atoms with E-state index in [1.54, 1.807) is 27.7 Å². The van der Waals surface area contributed by atoms with Crippen molar-refractivity contribution < 1.29 is 29.3 Å². The molecule has 0 aliphatic carbocycles. The van der Waals surface area contributed by atoms with Crippen LogP contribution in [0.4, 0.5) is 4.79 Å². The summed E-state index contributed by atoms with van der Waals surface area (Å²) in [6.45, 7) is 8.52. The average Bonchev–Trinajstić information content (AvgIpc) is 3.09. The van der Waals surface area contributed by atoms with Gasteiger partial charge in [-0.05, 0) is 47.5 Å². The van der Waals surface area contributed by atoms with Gasteiger partial charge >= 0.3 is 12.0 Å². The van der Waals surface area contributed by atoms with E-state index in [-0.39, 0.29) is 24.4 Å². The third-order valence-corrected chi connectivity index (χ3v) is 5.44. The van der Waals surface area contributed by atoms with Crippen molar-refractivity contribution in [3.05, 3.63) is 0 Å². The van der Waals surface area contributed by atoms with Crippen molar-refractivity contribution in [2.45, 2.75) is 76.8 Å². The van der Waals surface area contributed by atoms with Gasteiger partial charge < -0.3 is 30.1 Å². The number of likely N-dealkylation sites (tertiary alicyclic amines) is 2. The van der Waals surface area contributed by atoms with E-state index in [2.05, 4.69) is 10.3 Å². The third-order valence-electron chi connectivity index (χ3n) is 5.44. The second-order valence-corrected chi connectivity index (χ2v) is 8.70. The SMILES string of the molecule is CC1N(CC([OH2+])=NC=N)C(=O)C12CCCN2C(=O)C(NC(=O)OC(C)(C)C)[C@@H](C)O. The number of hydrogen-bond acceptors (Lipinski definition) is 6. The Balaban J connectivity index is 2.19. The van der Waals surface area contributed by atoms with Crippen molar-refractivity contribution in [2.75, 3.05) is 13.1 Å². The number of hydrogen-bond donors (Lipinski definition) is 3. The van der Waals surface area contributed by atoms with Crippen LogP contribution in [0.2, 0.25) is 0 Å². The monoisotopic (exact) mass is 426 g/mol. The van der Waals surface area contributed by atoms with Gasteiger partial charge in [0.1, 0.15) is 30.1 Å². The van der Waals surface area contributed by atoms with Crippen molar-refractivity contribution in [2.24, 2.45) is 4.99 Å².